The maximum Gasteiger partial charge on any atom is 0.409 e. The zero-order valence-electron chi connectivity index (χ0n) is 23.8. The Hall–Kier alpha value is -4.30. The van der Waals surface area contributed by atoms with E-state index in [4.69, 9.17) is 14.0 Å². The molecular formula is C30H35N5O6. The number of rotatable bonds is 6. The van der Waals surface area contributed by atoms with Crippen LogP contribution in [0.1, 0.15) is 56.9 Å². The van der Waals surface area contributed by atoms with Crippen LogP contribution in [0.15, 0.2) is 47.2 Å². The number of carbonyl (C=O) groups excluding carboxylic acids is 2. The van der Waals surface area contributed by atoms with E-state index in [1.165, 1.54) is 7.11 Å². The number of benzene rings is 1. The molecule has 2 aliphatic rings. The molecule has 0 radical (unpaired) electrons. The van der Waals surface area contributed by atoms with Crippen LogP contribution in [-0.2, 0) is 9.47 Å². The van der Waals surface area contributed by atoms with Gasteiger partial charge in [-0.2, -0.15) is 0 Å². The first-order chi connectivity index (χ1) is 19.5. The number of aliphatic hydroxyl groups excluding tert-OH is 1. The monoisotopic (exact) mass is 561 g/mol. The Kier molecular flexibility index (Phi) is 7.78. The summed E-state index contributed by atoms with van der Waals surface area (Å²) in [5.41, 5.74) is 1.63. The minimum atomic E-state index is -0.823. The van der Waals surface area contributed by atoms with Gasteiger partial charge >= 0.3 is 12.2 Å². The third-order valence-electron chi connectivity index (χ3n) is 7.30. The number of hydrogen-bond donors (Lipinski definition) is 2. The summed E-state index contributed by atoms with van der Waals surface area (Å²) in [5.74, 6) is 8.78. The van der Waals surface area contributed by atoms with Gasteiger partial charge < -0.3 is 33.9 Å². The third kappa shape index (κ3) is 6.38. The lowest BCUT2D eigenvalue weighted by Gasteiger charge is -2.23. The van der Waals surface area contributed by atoms with E-state index in [1.807, 2.05) is 30.3 Å². The minimum Gasteiger partial charge on any atom is -0.453 e. The second-order valence-electron chi connectivity index (χ2n) is 11.5. The molecule has 2 amide bonds. The van der Waals surface area contributed by atoms with Crippen molar-refractivity contribution in [3.63, 3.8) is 0 Å². The SMILES string of the molecule is COC(=O)N1CC2C(C#Cc3ccc(-c4cc([C@@H](CNC(=O)OC(C)(C)C)n5ccnc5[C@H](C)O)no4)cc3)C2C1. The fraction of sp³-hybridized carbons (Fsp3) is 0.467. The average molecular weight is 562 g/mol. The Bertz CT molecular complexity index is 1450. The number of hydrogen-bond acceptors (Lipinski definition) is 8. The number of aliphatic hydroxyl groups is 1. The molecule has 1 saturated carbocycles. The number of fused-ring (bicyclic) bond motifs is 1. The van der Waals surface area contributed by atoms with Crippen LogP contribution >= 0.6 is 0 Å². The van der Waals surface area contributed by atoms with Crippen LogP contribution in [0.4, 0.5) is 9.59 Å². The van der Waals surface area contributed by atoms with Gasteiger partial charge in [0.2, 0.25) is 0 Å². The van der Waals surface area contributed by atoms with Crippen molar-refractivity contribution in [2.75, 3.05) is 26.7 Å². The van der Waals surface area contributed by atoms with Crippen molar-refractivity contribution in [2.24, 2.45) is 17.8 Å². The van der Waals surface area contributed by atoms with E-state index in [9.17, 15) is 14.7 Å². The predicted molar refractivity (Wildman–Crippen MR) is 149 cm³/mol. The Morgan fingerprint density at radius 2 is 1.93 bits per heavy atom. The molecule has 1 aliphatic carbocycles. The van der Waals surface area contributed by atoms with E-state index in [0.717, 1.165) is 11.1 Å². The highest BCUT2D eigenvalue weighted by Gasteiger charge is 2.56. The number of methoxy groups -OCH3 is 1. The highest BCUT2D eigenvalue weighted by molar-refractivity contribution is 5.68. The summed E-state index contributed by atoms with van der Waals surface area (Å²) in [6, 6.07) is 9.04. The molecule has 1 aliphatic heterocycles. The molecule has 216 valence electrons. The highest BCUT2D eigenvalue weighted by atomic mass is 16.6. The molecule has 2 aromatic heterocycles. The summed E-state index contributed by atoms with van der Waals surface area (Å²) in [6.45, 7) is 8.56. The first kappa shape index (κ1) is 28.2. The Morgan fingerprint density at radius 1 is 1.22 bits per heavy atom. The summed E-state index contributed by atoms with van der Waals surface area (Å²) in [7, 11) is 1.41. The second-order valence-corrected chi connectivity index (χ2v) is 11.5. The number of piperidine rings is 1. The normalized spacial score (nSPS) is 20.8. The number of carbonyl (C=O) groups is 2. The molecule has 0 spiro atoms. The van der Waals surface area contributed by atoms with Crippen LogP contribution in [0.2, 0.25) is 0 Å². The number of amides is 2. The lowest BCUT2D eigenvalue weighted by atomic mass is 10.1. The largest absolute Gasteiger partial charge is 0.453 e. The topological polar surface area (TPSA) is 132 Å². The average Bonchev–Trinajstić information content (AvgIpc) is 3.44. The fourth-order valence-electron chi connectivity index (χ4n) is 5.24. The van der Waals surface area contributed by atoms with Gasteiger partial charge in [0.1, 0.15) is 23.2 Å². The van der Waals surface area contributed by atoms with Gasteiger partial charge in [-0.05, 0) is 63.8 Å². The summed E-state index contributed by atoms with van der Waals surface area (Å²) < 4.78 is 17.6. The lowest BCUT2D eigenvalue weighted by molar-refractivity contribution is 0.0521. The molecule has 1 aromatic carbocycles. The van der Waals surface area contributed by atoms with Crippen LogP contribution in [0.3, 0.4) is 0 Å². The van der Waals surface area contributed by atoms with E-state index in [-0.39, 0.29) is 12.6 Å². The van der Waals surface area contributed by atoms with Crippen molar-refractivity contribution in [3.05, 3.63) is 59.8 Å². The van der Waals surface area contributed by atoms with Gasteiger partial charge in [-0.1, -0.05) is 17.0 Å². The Morgan fingerprint density at radius 3 is 2.56 bits per heavy atom. The van der Waals surface area contributed by atoms with Crippen molar-refractivity contribution >= 4 is 12.2 Å². The second kappa shape index (κ2) is 11.3. The molecule has 2 N–H and O–H groups in total. The predicted octanol–water partition coefficient (Wildman–Crippen LogP) is 4.00. The zero-order chi connectivity index (χ0) is 29.3. The van der Waals surface area contributed by atoms with E-state index in [2.05, 4.69) is 27.3 Å². The van der Waals surface area contributed by atoms with Crippen LogP contribution < -0.4 is 5.32 Å². The van der Waals surface area contributed by atoms with Crippen LogP contribution in [0.5, 0.6) is 0 Å². The number of likely N-dealkylation sites (tertiary alicyclic amines) is 1. The van der Waals surface area contributed by atoms with Gasteiger partial charge in [-0.3, -0.25) is 0 Å². The number of imidazole rings is 1. The number of ether oxygens (including phenoxy) is 2. The zero-order valence-corrected chi connectivity index (χ0v) is 23.8. The quantitative estimate of drug-likeness (QED) is 0.432. The maximum atomic E-state index is 12.4. The molecule has 1 saturated heterocycles. The van der Waals surface area contributed by atoms with Gasteiger partial charge in [0.15, 0.2) is 5.76 Å². The van der Waals surface area contributed by atoms with E-state index in [0.29, 0.717) is 48.1 Å². The minimum absolute atomic E-state index is 0.145. The molecular weight excluding hydrogens is 526 g/mol. The van der Waals surface area contributed by atoms with E-state index < -0.39 is 23.8 Å². The molecule has 3 heterocycles. The smallest absolute Gasteiger partial charge is 0.409 e. The van der Waals surface area contributed by atoms with Gasteiger partial charge in [0.05, 0.1) is 13.2 Å². The Labute approximate surface area is 238 Å². The highest BCUT2D eigenvalue weighted by Crippen LogP contribution is 2.51. The molecule has 3 aromatic rings. The lowest BCUT2D eigenvalue weighted by Crippen LogP contribution is -2.36. The molecule has 5 rings (SSSR count). The van der Waals surface area contributed by atoms with Gasteiger partial charge in [0, 0.05) is 55.1 Å². The number of aromatic nitrogens is 3. The summed E-state index contributed by atoms with van der Waals surface area (Å²) >= 11 is 0. The first-order valence-corrected chi connectivity index (χ1v) is 13.6. The van der Waals surface area contributed by atoms with E-state index >= 15 is 0 Å². The number of alkyl carbamates (subject to hydrolysis) is 1. The van der Waals surface area contributed by atoms with Crippen molar-refractivity contribution in [1.82, 2.24) is 24.9 Å². The van der Waals surface area contributed by atoms with Crippen molar-refractivity contribution < 1.29 is 28.7 Å². The van der Waals surface area contributed by atoms with Gasteiger partial charge in [-0.15, -0.1) is 0 Å². The summed E-state index contributed by atoms with van der Waals surface area (Å²) in [6.07, 6.45) is 1.67. The molecule has 2 fully saturated rings. The Balaban J connectivity index is 1.27. The van der Waals surface area contributed by atoms with Crippen LogP contribution in [-0.4, -0.2) is 69.2 Å². The third-order valence-corrected chi connectivity index (χ3v) is 7.30. The first-order valence-electron chi connectivity index (χ1n) is 13.6. The molecule has 11 heteroatoms. The summed E-state index contributed by atoms with van der Waals surface area (Å²) in [5, 5.41) is 17.3. The van der Waals surface area contributed by atoms with Gasteiger partial charge in [-0.25, -0.2) is 14.6 Å². The molecule has 4 atom stereocenters. The van der Waals surface area contributed by atoms with Crippen LogP contribution in [0, 0.1) is 29.6 Å². The molecule has 11 nitrogen and oxygen atoms in total. The van der Waals surface area contributed by atoms with Crippen molar-refractivity contribution in [1.29, 1.82) is 0 Å². The summed E-state index contributed by atoms with van der Waals surface area (Å²) in [4.78, 5) is 30.1. The van der Waals surface area contributed by atoms with Gasteiger partial charge in [0.25, 0.3) is 0 Å². The number of nitrogens with one attached hydrogen (secondary N) is 1. The van der Waals surface area contributed by atoms with Crippen molar-refractivity contribution in [3.8, 4) is 23.2 Å². The standard InChI is InChI=1S/C30H35N5O6/c1-18(36)27-31-12-13-35(27)25(15-32-28(37)40-30(2,3)4)24-14-26(41-33-24)20-9-6-19(7-10-20)8-11-21-22-16-34(17-23(21)22)29(38)39-5/h6-7,9-10,12-14,18,21-23,25,36H,15-17H2,1-5H3,(H,32,37)/t18-,21?,22?,23?,25+/m0/s1. The fourth-order valence-corrected chi connectivity index (χ4v) is 5.24. The van der Waals surface area contributed by atoms with E-state index in [1.54, 1.807) is 49.6 Å². The van der Waals surface area contributed by atoms with Crippen molar-refractivity contribution in [2.45, 2.75) is 45.4 Å². The molecule has 2 unspecified atom stereocenters. The van der Waals surface area contributed by atoms with Crippen LogP contribution in [0.25, 0.3) is 11.3 Å². The molecule has 0 bridgehead atoms. The number of nitrogens with zero attached hydrogens (tertiary/aromatic N) is 4. The maximum absolute atomic E-state index is 12.4. The molecule has 41 heavy (non-hydrogen) atoms.